The van der Waals surface area contributed by atoms with Crippen LogP contribution >= 0.6 is 23.2 Å². The normalized spacial score (nSPS) is 10.8. The highest BCUT2D eigenvalue weighted by atomic mass is 35.5. The third kappa shape index (κ3) is 2.97. The van der Waals surface area contributed by atoms with Crippen LogP contribution in [0.25, 0.3) is 6.08 Å². The second-order valence-electron chi connectivity index (χ2n) is 3.12. The molecular weight excluding hydrogens is 281 g/mol. The Hall–Kier alpha value is -2.10. The predicted octanol–water partition coefficient (Wildman–Crippen LogP) is 2.29. The lowest BCUT2D eigenvalue weighted by Crippen LogP contribution is -2.12. The zero-order chi connectivity index (χ0) is 13.9. The Morgan fingerprint density at radius 1 is 1.44 bits per heavy atom. The van der Waals surface area contributed by atoms with Gasteiger partial charge in [-0.15, -0.1) is 0 Å². The number of nitro groups is 1. The summed E-state index contributed by atoms with van der Waals surface area (Å²) < 4.78 is 0. The molecule has 0 aliphatic rings. The maximum absolute atomic E-state index is 10.9. The zero-order valence-electron chi connectivity index (χ0n) is 8.68. The number of carbonyl (C=O) groups excluding carboxylic acids is 1. The molecule has 1 aromatic rings. The molecule has 0 bridgehead atoms. The highest BCUT2D eigenvalue weighted by molar-refractivity contribution is 6.36. The number of hydrogen-bond acceptors (Lipinski definition) is 4. The second-order valence-corrected chi connectivity index (χ2v) is 3.93. The summed E-state index contributed by atoms with van der Waals surface area (Å²) in [7, 11) is 0. The molecule has 2 N–H and O–H groups in total. The van der Waals surface area contributed by atoms with Gasteiger partial charge in [0.25, 0.3) is 11.6 Å². The summed E-state index contributed by atoms with van der Waals surface area (Å²) in [6.45, 7) is 0. The average Bonchev–Trinajstić information content (AvgIpc) is 2.26. The van der Waals surface area contributed by atoms with Crippen molar-refractivity contribution in [1.29, 1.82) is 5.26 Å². The number of nitrogens with zero attached hydrogens (tertiary/aromatic N) is 2. The van der Waals surface area contributed by atoms with E-state index in [2.05, 4.69) is 0 Å². The smallest absolute Gasteiger partial charge is 0.288 e. The number of nitriles is 1. The van der Waals surface area contributed by atoms with E-state index in [0.717, 1.165) is 18.2 Å². The Bertz CT molecular complexity index is 605. The van der Waals surface area contributed by atoms with Crippen LogP contribution in [-0.4, -0.2) is 10.8 Å². The standard InChI is InChI=1S/C10H5Cl2N3O3/c11-7-3-8(12)9(15(17)18)2-5(7)1-6(4-13)10(14)16/h1-3H,(H2,14,16)/b6-1-. The molecule has 0 aromatic heterocycles. The van der Waals surface area contributed by atoms with E-state index < -0.39 is 10.8 Å². The van der Waals surface area contributed by atoms with Crippen molar-refractivity contribution in [2.24, 2.45) is 5.73 Å². The highest BCUT2D eigenvalue weighted by Gasteiger charge is 2.16. The molecule has 0 radical (unpaired) electrons. The van der Waals surface area contributed by atoms with E-state index in [9.17, 15) is 14.9 Å². The first-order valence-electron chi connectivity index (χ1n) is 4.42. The Kier molecular flexibility index (Phi) is 4.26. The number of benzene rings is 1. The summed E-state index contributed by atoms with van der Waals surface area (Å²) in [6, 6.07) is 3.78. The maximum Gasteiger partial charge on any atom is 0.288 e. The zero-order valence-corrected chi connectivity index (χ0v) is 10.2. The number of amides is 1. The van der Waals surface area contributed by atoms with Gasteiger partial charge in [0.05, 0.1) is 4.92 Å². The van der Waals surface area contributed by atoms with Crippen molar-refractivity contribution in [2.45, 2.75) is 0 Å². The minimum absolute atomic E-state index is 0.0691. The van der Waals surface area contributed by atoms with E-state index in [1.54, 1.807) is 6.07 Å². The fourth-order valence-corrected chi connectivity index (χ4v) is 1.62. The second kappa shape index (κ2) is 5.49. The number of halogens is 2. The Morgan fingerprint density at radius 3 is 2.50 bits per heavy atom. The molecule has 0 saturated heterocycles. The summed E-state index contributed by atoms with van der Waals surface area (Å²) in [6.07, 6.45) is 1.06. The summed E-state index contributed by atoms with van der Waals surface area (Å²) >= 11 is 11.4. The fourth-order valence-electron chi connectivity index (χ4n) is 1.12. The predicted molar refractivity (Wildman–Crippen MR) is 65.9 cm³/mol. The van der Waals surface area contributed by atoms with Crippen LogP contribution in [0, 0.1) is 21.4 Å². The molecule has 0 saturated carbocycles. The number of rotatable bonds is 3. The van der Waals surface area contributed by atoms with Gasteiger partial charge in [0.1, 0.15) is 16.7 Å². The molecule has 0 aliphatic carbocycles. The molecule has 1 aromatic carbocycles. The molecular formula is C10H5Cl2N3O3. The Labute approximate surface area is 111 Å². The Morgan fingerprint density at radius 2 is 2.06 bits per heavy atom. The Balaban J connectivity index is 3.43. The number of carbonyl (C=O) groups is 1. The van der Waals surface area contributed by atoms with Gasteiger partial charge in [-0.1, -0.05) is 23.2 Å². The molecule has 0 spiro atoms. The molecule has 92 valence electrons. The minimum Gasteiger partial charge on any atom is -0.365 e. The quantitative estimate of drug-likeness (QED) is 0.397. The van der Waals surface area contributed by atoms with Gasteiger partial charge in [-0.25, -0.2) is 0 Å². The van der Waals surface area contributed by atoms with Gasteiger partial charge in [-0.3, -0.25) is 14.9 Å². The van der Waals surface area contributed by atoms with Crippen molar-refractivity contribution in [2.75, 3.05) is 0 Å². The molecule has 0 atom stereocenters. The van der Waals surface area contributed by atoms with Crippen molar-refractivity contribution < 1.29 is 9.72 Å². The van der Waals surface area contributed by atoms with Crippen LogP contribution in [0.4, 0.5) is 5.69 Å². The van der Waals surface area contributed by atoms with E-state index in [1.807, 2.05) is 0 Å². The highest BCUT2D eigenvalue weighted by Crippen LogP contribution is 2.31. The van der Waals surface area contributed by atoms with Gasteiger partial charge in [0.15, 0.2) is 0 Å². The first-order chi connectivity index (χ1) is 8.36. The number of nitrogens with two attached hydrogens (primary N) is 1. The van der Waals surface area contributed by atoms with Crippen LogP contribution in [0.3, 0.4) is 0 Å². The summed E-state index contributed by atoms with van der Waals surface area (Å²) in [5, 5.41) is 19.3. The lowest BCUT2D eigenvalue weighted by Gasteiger charge is -2.01. The molecule has 1 rings (SSSR count). The van der Waals surface area contributed by atoms with Gasteiger partial charge in [0, 0.05) is 16.7 Å². The van der Waals surface area contributed by atoms with Crippen LogP contribution < -0.4 is 5.73 Å². The van der Waals surface area contributed by atoms with Gasteiger partial charge in [0.2, 0.25) is 0 Å². The van der Waals surface area contributed by atoms with E-state index in [4.69, 9.17) is 34.2 Å². The topological polar surface area (TPSA) is 110 Å². The van der Waals surface area contributed by atoms with E-state index in [-0.39, 0.29) is 26.9 Å². The van der Waals surface area contributed by atoms with Crippen molar-refractivity contribution in [3.63, 3.8) is 0 Å². The van der Waals surface area contributed by atoms with Gasteiger partial charge in [-0.2, -0.15) is 5.26 Å². The lowest BCUT2D eigenvalue weighted by atomic mass is 10.1. The third-order valence-corrected chi connectivity index (χ3v) is 2.58. The molecule has 0 aliphatic heterocycles. The van der Waals surface area contributed by atoms with Crippen molar-refractivity contribution in [3.05, 3.63) is 43.4 Å². The van der Waals surface area contributed by atoms with Gasteiger partial charge >= 0.3 is 0 Å². The van der Waals surface area contributed by atoms with Crippen LogP contribution in [0.1, 0.15) is 5.56 Å². The van der Waals surface area contributed by atoms with E-state index in [1.165, 1.54) is 0 Å². The molecule has 6 nitrogen and oxygen atoms in total. The lowest BCUT2D eigenvalue weighted by molar-refractivity contribution is -0.384. The van der Waals surface area contributed by atoms with Gasteiger partial charge < -0.3 is 5.73 Å². The van der Waals surface area contributed by atoms with Crippen molar-refractivity contribution in [1.82, 2.24) is 0 Å². The molecule has 18 heavy (non-hydrogen) atoms. The first kappa shape index (κ1) is 14.0. The number of primary amides is 1. The third-order valence-electron chi connectivity index (χ3n) is 1.95. The minimum atomic E-state index is -0.953. The first-order valence-corrected chi connectivity index (χ1v) is 5.17. The SMILES string of the molecule is N#C/C(=C/c1cc([N+](=O)[O-])c(Cl)cc1Cl)C(N)=O. The molecule has 0 fully saturated rings. The van der Waals surface area contributed by atoms with E-state index >= 15 is 0 Å². The molecule has 8 heteroatoms. The van der Waals surface area contributed by atoms with E-state index in [0.29, 0.717) is 0 Å². The van der Waals surface area contributed by atoms with Gasteiger partial charge in [-0.05, 0) is 12.1 Å². The number of hydrogen-bond donors (Lipinski definition) is 1. The molecule has 1 amide bonds. The fraction of sp³-hybridized carbons (Fsp3) is 0. The summed E-state index contributed by atoms with van der Waals surface area (Å²) in [5.74, 6) is -0.953. The van der Waals surface area contributed by atoms with Crippen LogP contribution in [0.5, 0.6) is 0 Å². The molecule has 0 unspecified atom stereocenters. The summed E-state index contributed by atoms with van der Waals surface area (Å²) in [4.78, 5) is 20.8. The average molecular weight is 286 g/mol. The van der Waals surface area contributed by atoms with Crippen LogP contribution in [-0.2, 0) is 4.79 Å². The number of nitro benzene ring substituents is 1. The maximum atomic E-state index is 10.9. The monoisotopic (exact) mass is 285 g/mol. The van der Waals surface area contributed by atoms with Crippen molar-refractivity contribution in [3.8, 4) is 6.07 Å². The summed E-state index contributed by atoms with van der Waals surface area (Å²) in [5.41, 5.74) is 4.31. The molecule has 0 heterocycles. The van der Waals surface area contributed by atoms with Crippen LogP contribution in [0.2, 0.25) is 10.0 Å². The largest absolute Gasteiger partial charge is 0.365 e. The van der Waals surface area contributed by atoms with Crippen LogP contribution in [0.15, 0.2) is 17.7 Å². The van der Waals surface area contributed by atoms with Crippen molar-refractivity contribution >= 4 is 40.9 Å².